The third-order valence-corrected chi connectivity index (χ3v) is 6.77. The van der Waals surface area contributed by atoms with Crippen LogP contribution in [-0.4, -0.2) is 0 Å². The molecule has 0 N–H and O–H groups in total. The molecule has 4 aliphatic carbocycles. The molecule has 0 aliphatic heterocycles. The fourth-order valence-corrected chi connectivity index (χ4v) is 5.82. The minimum Gasteiger partial charge on any atom is -0.0848 e. The van der Waals surface area contributed by atoms with E-state index in [0.717, 1.165) is 17.8 Å². The molecule has 1 fully saturated rings. The maximum atomic E-state index is 2.63. The van der Waals surface area contributed by atoms with Crippen LogP contribution in [0.5, 0.6) is 0 Å². The first-order chi connectivity index (χ1) is 10.4. The highest BCUT2D eigenvalue weighted by molar-refractivity contribution is 5.45. The first kappa shape index (κ1) is 12.3. The lowest BCUT2D eigenvalue weighted by Crippen LogP contribution is -2.28. The molecule has 0 aromatic heterocycles. The molecule has 0 nitrogen and oxygen atoms in total. The minimum absolute atomic E-state index is 0.526. The predicted octanol–water partition coefficient (Wildman–Crippen LogP) is 5.41. The summed E-state index contributed by atoms with van der Waals surface area (Å²) in [6.45, 7) is 0. The van der Waals surface area contributed by atoms with Gasteiger partial charge in [-0.05, 0) is 73.3 Å². The van der Waals surface area contributed by atoms with Gasteiger partial charge in [-0.15, -0.1) is 0 Å². The van der Waals surface area contributed by atoms with Crippen molar-refractivity contribution < 1.29 is 0 Å². The molecule has 0 saturated heterocycles. The van der Waals surface area contributed by atoms with Crippen molar-refractivity contribution in [3.63, 3.8) is 0 Å². The van der Waals surface area contributed by atoms with Gasteiger partial charge in [0.1, 0.15) is 0 Å². The van der Waals surface area contributed by atoms with E-state index in [0.29, 0.717) is 5.41 Å². The quantitative estimate of drug-likeness (QED) is 0.634. The Bertz CT molecular complexity index is 635. The Hall–Kier alpha value is -1.30. The van der Waals surface area contributed by atoms with E-state index < -0.39 is 0 Å². The van der Waals surface area contributed by atoms with Crippen LogP contribution in [0.1, 0.15) is 55.6 Å². The van der Waals surface area contributed by atoms with Crippen molar-refractivity contribution in [3.8, 4) is 0 Å². The Kier molecular flexibility index (Phi) is 2.54. The van der Waals surface area contributed by atoms with Crippen LogP contribution in [-0.2, 0) is 6.42 Å². The molecule has 1 aromatic rings. The van der Waals surface area contributed by atoms with Crippen molar-refractivity contribution in [3.05, 3.63) is 59.2 Å². The Balaban J connectivity index is 1.61. The lowest BCUT2D eigenvalue weighted by Gasteiger charge is -2.36. The summed E-state index contributed by atoms with van der Waals surface area (Å²) in [7, 11) is 0. The molecule has 21 heavy (non-hydrogen) atoms. The molecule has 0 radical (unpaired) electrons. The summed E-state index contributed by atoms with van der Waals surface area (Å²) >= 11 is 0. The molecule has 0 spiro atoms. The number of rotatable bonds is 2. The molecule has 0 amide bonds. The SMILES string of the molecule is C1=CC2(C3Cc4ccccc4C3C3=CCCC3)CCC1C2. The normalized spacial score (nSPS) is 39.8. The van der Waals surface area contributed by atoms with Gasteiger partial charge < -0.3 is 0 Å². The van der Waals surface area contributed by atoms with Crippen molar-refractivity contribution in [1.82, 2.24) is 0 Å². The average molecular weight is 276 g/mol. The second-order valence-corrected chi connectivity index (χ2v) is 7.75. The highest BCUT2D eigenvalue weighted by Crippen LogP contribution is 2.62. The Morgan fingerprint density at radius 2 is 2.10 bits per heavy atom. The number of allylic oxidation sites excluding steroid dienone is 4. The van der Waals surface area contributed by atoms with E-state index in [1.54, 1.807) is 16.7 Å². The zero-order chi connectivity index (χ0) is 13.9. The van der Waals surface area contributed by atoms with Gasteiger partial charge in [0.2, 0.25) is 0 Å². The molecule has 5 rings (SSSR count). The van der Waals surface area contributed by atoms with Crippen molar-refractivity contribution in [2.24, 2.45) is 17.3 Å². The first-order valence-electron chi connectivity index (χ1n) is 8.82. The largest absolute Gasteiger partial charge is 0.0848 e. The molecule has 2 bridgehead atoms. The third kappa shape index (κ3) is 1.68. The van der Waals surface area contributed by atoms with Crippen LogP contribution in [0.2, 0.25) is 0 Å². The minimum atomic E-state index is 0.526. The van der Waals surface area contributed by atoms with Crippen molar-refractivity contribution in [2.75, 3.05) is 0 Å². The molecule has 4 unspecified atom stereocenters. The van der Waals surface area contributed by atoms with Gasteiger partial charge in [0, 0.05) is 5.92 Å². The van der Waals surface area contributed by atoms with Gasteiger partial charge in [0.25, 0.3) is 0 Å². The highest BCUT2D eigenvalue weighted by Gasteiger charge is 2.51. The van der Waals surface area contributed by atoms with E-state index in [4.69, 9.17) is 0 Å². The van der Waals surface area contributed by atoms with E-state index in [9.17, 15) is 0 Å². The molecule has 0 heteroatoms. The number of hydrogen-bond acceptors (Lipinski definition) is 0. The standard InChI is InChI=1S/C21H24/c1-2-6-16(5-1)20-18-8-4-3-7-17(18)13-19(20)21-11-9-15(14-21)10-12-21/h3-5,7-9,11,15,19-20H,1-2,6,10,12-14H2. The van der Waals surface area contributed by atoms with Crippen LogP contribution < -0.4 is 0 Å². The monoisotopic (exact) mass is 276 g/mol. The van der Waals surface area contributed by atoms with Crippen LogP contribution in [0.3, 0.4) is 0 Å². The van der Waals surface area contributed by atoms with Crippen molar-refractivity contribution in [1.29, 1.82) is 0 Å². The molecular weight excluding hydrogens is 252 g/mol. The summed E-state index contributed by atoms with van der Waals surface area (Å²) in [6.07, 6.45) is 17.4. The Morgan fingerprint density at radius 3 is 2.81 bits per heavy atom. The van der Waals surface area contributed by atoms with Crippen LogP contribution in [0, 0.1) is 17.3 Å². The second kappa shape index (κ2) is 4.35. The lowest BCUT2D eigenvalue weighted by molar-refractivity contribution is 0.226. The van der Waals surface area contributed by atoms with Gasteiger partial charge in [-0.1, -0.05) is 48.1 Å². The summed E-state index contributed by atoms with van der Waals surface area (Å²) in [4.78, 5) is 0. The van der Waals surface area contributed by atoms with Crippen molar-refractivity contribution in [2.45, 2.75) is 50.9 Å². The molecule has 1 aromatic carbocycles. The molecule has 1 saturated carbocycles. The van der Waals surface area contributed by atoms with Crippen molar-refractivity contribution >= 4 is 0 Å². The van der Waals surface area contributed by atoms with Gasteiger partial charge >= 0.3 is 0 Å². The maximum absolute atomic E-state index is 2.63. The maximum Gasteiger partial charge on any atom is 0.00906 e. The number of fused-ring (bicyclic) bond motifs is 3. The Labute approximate surface area is 128 Å². The van der Waals surface area contributed by atoms with Gasteiger partial charge in [-0.2, -0.15) is 0 Å². The number of hydrogen-bond donors (Lipinski definition) is 0. The van der Waals surface area contributed by atoms with Gasteiger partial charge in [-0.25, -0.2) is 0 Å². The first-order valence-corrected chi connectivity index (χ1v) is 8.82. The third-order valence-electron chi connectivity index (χ3n) is 6.77. The molecule has 108 valence electrons. The highest BCUT2D eigenvalue weighted by atomic mass is 14.6. The van der Waals surface area contributed by atoms with E-state index in [2.05, 4.69) is 42.5 Å². The molecule has 0 heterocycles. The second-order valence-electron chi connectivity index (χ2n) is 7.75. The summed E-state index contributed by atoms with van der Waals surface area (Å²) < 4.78 is 0. The molecule has 4 aliphatic rings. The Morgan fingerprint density at radius 1 is 1.14 bits per heavy atom. The van der Waals surface area contributed by atoms with Crippen LogP contribution in [0.15, 0.2) is 48.1 Å². The summed E-state index contributed by atoms with van der Waals surface area (Å²) in [5.74, 6) is 2.46. The van der Waals surface area contributed by atoms with Gasteiger partial charge in [0.05, 0.1) is 0 Å². The molecule has 4 atom stereocenters. The van der Waals surface area contributed by atoms with E-state index in [1.807, 2.05) is 0 Å². The number of benzene rings is 1. The zero-order valence-electron chi connectivity index (χ0n) is 12.7. The smallest absolute Gasteiger partial charge is 0.00906 e. The summed E-state index contributed by atoms with van der Waals surface area (Å²) in [6, 6.07) is 9.30. The van der Waals surface area contributed by atoms with Crippen LogP contribution in [0.4, 0.5) is 0 Å². The zero-order valence-corrected chi connectivity index (χ0v) is 12.7. The summed E-state index contributed by atoms with van der Waals surface area (Å²) in [5, 5.41) is 0. The topological polar surface area (TPSA) is 0 Å². The average Bonchev–Trinajstić information content (AvgIpc) is 3.28. The van der Waals surface area contributed by atoms with Gasteiger partial charge in [0.15, 0.2) is 0 Å². The van der Waals surface area contributed by atoms with Crippen LogP contribution in [0.25, 0.3) is 0 Å². The van der Waals surface area contributed by atoms with Gasteiger partial charge in [-0.3, -0.25) is 0 Å². The fraction of sp³-hybridized carbons (Fsp3) is 0.524. The van der Waals surface area contributed by atoms with E-state index in [-0.39, 0.29) is 0 Å². The van der Waals surface area contributed by atoms with E-state index in [1.165, 1.54) is 44.9 Å². The molecular formula is C21H24. The summed E-state index contributed by atoms with van der Waals surface area (Å²) in [5.41, 5.74) is 5.59. The fourth-order valence-electron chi connectivity index (χ4n) is 5.82. The van der Waals surface area contributed by atoms with Crippen LogP contribution >= 0.6 is 0 Å². The lowest BCUT2D eigenvalue weighted by atomic mass is 9.67. The predicted molar refractivity (Wildman–Crippen MR) is 87.2 cm³/mol. The van der Waals surface area contributed by atoms with E-state index >= 15 is 0 Å².